The zero-order valence-electron chi connectivity index (χ0n) is 12.2. The first kappa shape index (κ1) is 18.4. The molecular weight excluding hydrogens is 306 g/mol. The molecule has 1 rings (SSSR count). The van der Waals surface area contributed by atoms with Crippen LogP contribution in [0.5, 0.6) is 5.75 Å². The molecule has 23 heavy (non-hydrogen) atoms. The summed E-state index contributed by atoms with van der Waals surface area (Å²) >= 11 is 0. The first-order valence-corrected chi connectivity index (χ1v) is 6.77. The number of carboxylic acid groups (broad SMARTS) is 1. The predicted octanol–water partition coefficient (Wildman–Crippen LogP) is -2.06. The number of nitrogens with two attached hydrogens (primary N) is 1. The molecule has 0 heterocycles. The summed E-state index contributed by atoms with van der Waals surface area (Å²) in [5, 5.41) is 31.2. The topological polar surface area (TPSA) is 162 Å². The number of phenols is 1. The maximum atomic E-state index is 12.0. The van der Waals surface area contributed by atoms with Crippen molar-refractivity contribution in [3.8, 4) is 5.75 Å². The van der Waals surface area contributed by atoms with Crippen LogP contribution in [0.3, 0.4) is 0 Å². The summed E-state index contributed by atoms with van der Waals surface area (Å²) in [7, 11) is 0. The van der Waals surface area contributed by atoms with E-state index in [0.717, 1.165) is 0 Å². The number of nitrogens with one attached hydrogen (secondary N) is 2. The van der Waals surface area contributed by atoms with Crippen molar-refractivity contribution < 1.29 is 29.7 Å². The van der Waals surface area contributed by atoms with Crippen molar-refractivity contribution in [1.29, 1.82) is 0 Å². The van der Waals surface area contributed by atoms with Crippen molar-refractivity contribution in [1.82, 2.24) is 10.6 Å². The van der Waals surface area contributed by atoms with Crippen molar-refractivity contribution in [3.05, 3.63) is 29.8 Å². The summed E-state index contributed by atoms with van der Waals surface area (Å²) < 4.78 is 0. The molecule has 7 N–H and O–H groups in total. The number of hydrogen-bond acceptors (Lipinski definition) is 6. The normalized spacial score (nSPS) is 13.0. The second kappa shape index (κ2) is 8.71. The van der Waals surface area contributed by atoms with Crippen molar-refractivity contribution in [2.24, 2.45) is 5.73 Å². The number of amides is 2. The lowest BCUT2D eigenvalue weighted by Crippen LogP contribution is -2.53. The number of rotatable bonds is 8. The Morgan fingerprint density at radius 1 is 1.13 bits per heavy atom. The Kier molecular flexibility index (Phi) is 6.97. The fourth-order valence-electron chi connectivity index (χ4n) is 1.72. The summed E-state index contributed by atoms with van der Waals surface area (Å²) in [6, 6.07) is 3.70. The van der Waals surface area contributed by atoms with Crippen LogP contribution in [-0.2, 0) is 20.8 Å². The van der Waals surface area contributed by atoms with E-state index >= 15 is 0 Å². The smallest absolute Gasteiger partial charge is 0.322 e. The number of carboxylic acids is 1. The zero-order chi connectivity index (χ0) is 17.4. The van der Waals surface area contributed by atoms with Gasteiger partial charge in [-0.2, -0.15) is 0 Å². The Bertz CT molecular complexity index is 560. The van der Waals surface area contributed by atoms with E-state index in [9.17, 15) is 19.5 Å². The SMILES string of the molecule is NC(CO)C(=O)NC(Cc1ccc(O)cc1)C(=O)NCC(=O)O. The van der Waals surface area contributed by atoms with Crippen molar-refractivity contribution in [2.45, 2.75) is 18.5 Å². The zero-order valence-corrected chi connectivity index (χ0v) is 12.2. The van der Waals surface area contributed by atoms with E-state index < -0.39 is 43.0 Å². The molecule has 9 nitrogen and oxygen atoms in total. The number of hydrogen-bond donors (Lipinski definition) is 6. The van der Waals surface area contributed by atoms with E-state index in [-0.39, 0.29) is 12.2 Å². The highest BCUT2D eigenvalue weighted by atomic mass is 16.4. The van der Waals surface area contributed by atoms with Crippen LogP contribution in [0.15, 0.2) is 24.3 Å². The van der Waals surface area contributed by atoms with Gasteiger partial charge in [0.1, 0.15) is 24.4 Å². The number of carbonyl (C=O) groups excluding carboxylic acids is 2. The van der Waals surface area contributed by atoms with E-state index in [1.165, 1.54) is 12.1 Å². The molecule has 2 amide bonds. The summed E-state index contributed by atoms with van der Waals surface area (Å²) in [6.07, 6.45) is 0.0651. The van der Waals surface area contributed by atoms with Crippen molar-refractivity contribution in [3.63, 3.8) is 0 Å². The van der Waals surface area contributed by atoms with Crippen LogP contribution in [0.1, 0.15) is 5.56 Å². The quantitative estimate of drug-likeness (QED) is 0.320. The van der Waals surface area contributed by atoms with Gasteiger partial charge in [0.05, 0.1) is 6.61 Å². The number of phenolic OH excluding ortho intramolecular Hbond substituents is 1. The van der Waals surface area contributed by atoms with Crippen molar-refractivity contribution >= 4 is 17.8 Å². The number of aliphatic hydroxyl groups excluding tert-OH is 1. The lowest BCUT2D eigenvalue weighted by Gasteiger charge is -2.20. The average molecular weight is 325 g/mol. The fourth-order valence-corrected chi connectivity index (χ4v) is 1.72. The molecule has 0 aliphatic heterocycles. The Labute approximate surface area is 132 Å². The van der Waals surface area contributed by atoms with E-state index in [2.05, 4.69) is 10.6 Å². The van der Waals surface area contributed by atoms with E-state index in [1.807, 2.05) is 0 Å². The van der Waals surface area contributed by atoms with Gasteiger partial charge in [0.25, 0.3) is 0 Å². The maximum absolute atomic E-state index is 12.0. The van der Waals surface area contributed by atoms with E-state index in [4.69, 9.17) is 15.9 Å². The minimum absolute atomic E-state index is 0.0481. The van der Waals surface area contributed by atoms with Crippen molar-refractivity contribution in [2.75, 3.05) is 13.2 Å². The third-order valence-corrected chi connectivity index (χ3v) is 2.96. The van der Waals surface area contributed by atoms with Crippen LogP contribution < -0.4 is 16.4 Å². The summed E-state index contributed by atoms with van der Waals surface area (Å²) in [5.41, 5.74) is 6.01. The molecule has 9 heteroatoms. The standard InChI is InChI=1S/C14H19N3O6/c15-10(7-18)13(22)17-11(14(23)16-6-12(20)21)5-8-1-3-9(19)4-2-8/h1-4,10-11,18-19H,5-7,15H2,(H,16,23)(H,17,22)(H,20,21). The first-order valence-electron chi connectivity index (χ1n) is 6.77. The van der Waals surface area contributed by atoms with Crippen LogP contribution in [-0.4, -0.2) is 58.3 Å². The molecule has 126 valence electrons. The highest BCUT2D eigenvalue weighted by Gasteiger charge is 2.24. The van der Waals surface area contributed by atoms with E-state index in [1.54, 1.807) is 12.1 Å². The maximum Gasteiger partial charge on any atom is 0.322 e. The Balaban J connectivity index is 2.82. The van der Waals surface area contributed by atoms with Gasteiger partial charge in [-0.3, -0.25) is 14.4 Å². The van der Waals surface area contributed by atoms with Crippen LogP contribution in [0.2, 0.25) is 0 Å². The van der Waals surface area contributed by atoms with E-state index in [0.29, 0.717) is 5.56 Å². The molecule has 0 spiro atoms. The minimum atomic E-state index is -1.22. The molecule has 0 bridgehead atoms. The van der Waals surface area contributed by atoms with Crippen LogP contribution in [0.25, 0.3) is 0 Å². The third kappa shape index (κ3) is 6.32. The lowest BCUT2D eigenvalue weighted by molar-refractivity contribution is -0.138. The third-order valence-electron chi connectivity index (χ3n) is 2.96. The molecule has 1 aromatic rings. The Morgan fingerprint density at radius 2 is 1.74 bits per heavy atom. The van der Waals surface area contributed by atoms with Crippen LogP contribution in [0, 0.1) is 0 Å². The Morgan fingerprint density at radius 3 is 2.26 bits per heavy atom. The van der Waals surface area contributed by atoms with Crippen LogP contribution >= 0.6 is 0 Å². The minimum Gasteiger partial charge on any atom is -0.508 e. The second-order valence-corrected chi connectivity index (χ2v) is 4.83. The highest BCUT2D eigenvalue weighted by molar-refractivity contribution is 5.91. The number of carbonyl (C=O) groups is 3. The number of aromatic hydroxyl groups is 1. The molecule has 2 atom stereocenters. The molecule has 0 aliphatic rings. The fraction of sp³-hybridized carbons (Fsp3) is 0.357. The summed E-state index contributed by atoms with van der Waals surface area (Å²) in [4.78, 5) is 34.3. The highest BCUT2D eigenvalue weighted by Crippen LogP contribution is 2.11. The molecular formula is C14H19N3O6. The van der Waals surface area contributed by atoms with Gasteiger partial charge in [0.15, 0.2) is 0 Å². The predicted molar refractivity (Wildman–Crippen MR) is 79.4 cm³/mol. The number of benzene rings is 1. The molecule has 0 radical (unpaired) electrons. The molecule has 0 aliphatic carbocycles. The van der Waals surface area contributed by atoms with Gasteiger partial charge in [-0.25, -0.2) is 0 Å². The van der Waals surface area contributed by atoms with Gasteiger partial charge in [-0.05, 0) is 17.7 Å². The molecule has 0 fully saturated rings. The molecule has 2 unspecified atom stereocenters. The average Bonchev–Trinajstić information content (AvgIpc) is 2.52. The molecule has 0 saturated carbocycles. The van der Waals surface area contributed by atoms with Crippen LogP contribution in [0.4, 0.5) is 0 Å². The van der Waals surface area contributed by atoms with Gasteiger partial charge in [-0.1, -0.05) is 12.1 Å². The van der Waals surface area contributed by atoms with Gasteiger partial charge < -0.3 is 31.7 Å². The molecule has 1 aromatic carbocycles. The molecule has 0 saturated heterocycles. The van der Waals surface area contributed by atoms with Gasteiger partial charge in [0, 0.05) is 6.42 Å². The second-order valence-electron chi connectivity index (χ2n) is 4.83. The van der Waals surface area contributed by atoms with Gasteiger partial charge >= 0.3 is 5.97 Å². The number of aliphatic carboxylic acids is 1. The van der Waals surface area contributed by atoms with Gasteiger partial charge in [0.2, 0.25) is 11.8 Å². The lowest BCUT2D eigenvalue weighted by atomic mass is 10.0. The Hall–Kier alpha value is -2.65. The monoisotopic (exact) mass is 325 g/mol. The molecule has 0 aromatic heterocycles. The first-order chi connectivity index (χ1) is 10.8. The largest absolute Gasteiger partial charge is 0.508 e. The number of aliphatic hydroxyl groups is 1. The summed E-state index contributed by atoms with van der Waals surface area (Å²) in [6.45, 7) is -1.18. The van der Waals surface area contributed by atoms with Gasteiger partial charge in [-0.15, -0.1) is 0 Å². The summed E-state index contributed by atoms with van der Waals surface area (Å²) in [5.74, 6) is -2.60.